The predicted molar refractivity (Wildman–Crippen MR) is 47.1 cm³/mol. The first-order chi connectivity index (χ1) is 7.50. The number of nitrogens with zero attached hydrogens (tertiary/aromatic N) is 4. The fourth-order valence-corrected chi connectivity index (χ4v) is 1.23. The van der Waals surface area contributed by atoms with E-state index in [2.05, 4.69) is 15.1 Å². The lowest BCUT2D eigenvalue weighted by Crippen LogP contribution is -2.31. The summed E-state index contributed by atoms with van der Waals surface area (Å²) in [6.45, 7) is 0. The Morgan fingerprint density at radius 2 is 2.25 bits per heavy atom. The summed E-state index contributed by atoms with van der Waals surface area (Å²) >= 11 is 0. The van der Waals surface area contributed by atoms with Crippen LogP contribution in [0.1, 0.15) is 5.69 Å². The fraction of sp³-hybridized carbons (Fsp3) is 0.250. The first kappa shape index (κ1) is 10.4. The molecule has 0 atom stereocenters. The topological polar surface area (TPSA) is 80.4 Å². The average molecular weight is 228 g/mol. The molecule has 0 spiro atoms. The van der Waals surface area contributed by atoms with Gasteiger partial charge in [0.05, 0.1) is 18.3 Å². The summed E-state index contributed by atoms with van der Waals surface area (Å²) < 4.78 is 27.1. The Kier molecular flexibility index (Phi) is 2.26. The van der Waals surface area contributed by atoms with Crippen LogP contribution in [0.15, 0.2) is 18.7 Å². The number of fused-ring (bicyclic) bond motifs is 1. The Morgan fingerprint density at radius 1 is 1.50 bits per heavy atom. The van der Waals surface area contributed by atoms with Gasteiger partial charge >= 0.3 is 11.9 Å². The van der Waals surface area contributed by atoms with Crippen LogP contribution in [0, 0.1) is 0 Å². The van der Waals surface area contributed by atoms with E-state index in [1.54, 1.807) is 0 Å². The number of carboxylic acids is 1. The second kappa shape index (κ2) is 3.47. The van der Waals surface area contributed by atoms with Gasteiger partial charge < -0.3 is 5.11 Å². The summed E-state index contributed by atoms with van der Waals surface area (Å²) in [4.78, 5) is 17.7. The standard InChI is InChI=1S/C8H6F2N4O2/c9-8(10,7(15)16)1-5-2-11-3-6-12-4-13-14(5)6/h2-4H,1H2,(H,15,16). The Hall–Kier alpha value is -2.12. The van der Waals surface area contributed by atoms with Gasteiger partial charge in [-0.1, -0.05) is 0 Å². The summed E-state index contributed by atoms with van der Waals surface area (Å²) in [5.74, 6) is -6.02. The van der Waals surface area contributed by atoms with Crippen molar-refractivity contribution in [3.05, 3.63) is 24.4 Å². The normalized spacial score (nSPS) is 11.9. The smallest absolute Gasteiger partial charge is 0.374 e. The zero-order valence-corrected chi connectivity index (χ0v) is 7.84. The van der Waals surface area contributed by atoms with Crippen LogP contribution in [0.2, 0.25) is 0 Å². The van der Waals surface area contributed by atoms with Crippen LogP contribution in [0.3, 0.4) is 0 Å². The fourth-order valence-electron chi connectivity index (χ4n) is 1.23. The molecule has 2 heterocycles. The molecule has 84 valence electrons. The third-order valence-corrected chi connectivity index (χ3v) is 1.98. The molecule has 2 rings (SSSR count). The second-order valence-electron chi connectivity index (χ2n) is 3.12. The van der Waals surface area contributed by atoms with Gasteiger partial charge in [-0.15, -0.1) is 0 Å². The molecular formula is C8H6F2N4O2. The van der Waals surface area contributed by atoms with Crippen LogP contribution >= 0.6 is 0 Å². The molecule has 0 fully saturated rings. The molecular weight excluding hydrogens is 222 g/mol. The average Bonchev–Trinajstić information content (AvgIpc) is 2.65. The SMILES string of the molecule is O=C(O)C(F)(F)Cc1cncc2ncnn12. The first-order valence-corrected chi connectivity index (χ1v) is 4.24. The largest absolute Gasteiger partial charge is 0.477 e. The summed E-state index contributed by atoms with van der Waals surface area (Å²) in [6, 6.07) is 0. The number of alkyl halides is 2. The van der Waals surface area contributed by atoms with Gasteiger partial charge in [-0.3, -0.25) is 4.98 Å². The van der Waals surface area contributed by atoms with Crippen molar-refractivity contribution in [3.8, 4) is 0 Å². The van der Waals surface area contributed by atoms with Gasteiger partial charge in [0.1, 0.15) is 6.33 Å². The maximum Gasteiger partial charge on any atom is 0.374 e. The highest BCUT2D eigenvalue weighted by Crippen LogP contribution is 2.19. The number of aromatic nitrogens is 4. The molecule has 16 heavy (non-hydrogen) atoms. The predicted octanol–water partition coefficient (Wildman–Crippen LogP) is 0.387. The van der Waals surface area contributed by atoms with E-state index in [4.69, 9.17) is 5.11 Å². The van der Waals surface area contributed by atoms with E-state index in [-0.39, 0.29) is 5.69 Å². The van der Waals surface area contributed by atoms with E-state index >= 15 is 0 Å². The van der Waals surface area contributed by atoms with Crippen molar-refractivity contribution in [2.75, 3.05) is 0 Å². The minimum Gasteiger partial charge on any atom is -0.477 e. The highest BCUT2D eigenvalue weighted by atomic mass is 19.3. The highest BCUT2D eigenvalue weighted by Gasteiger charge is 2.39. The lowest BCUT2D eigenvalue weighted by atomic mass is 10.2. The molecule has 0 unspecified atom stereocenters. The van der Waals surface area contributed by atoms with Crippen molar-refractivity contribution in [1.82, 2.24) is 19.6 Å². The van der Waals surface area contributed by atoms with E-state index in [1.807, 2.05) is 0 Å². The minimum atomic E-state index is -3.85. The number of aliphatic carboxylic acids is 1. The monoisotopic (exact) mass is 228 g/mol. The molecule has 2 aromatic rings. The third kappa shape index (κ3) is 1.69. The minimum absolute atomic E-state index is 0.0117. The van der Waals surface area contributed by atoms with Crippen molar-refractivity contribution < 1.29 is 18.7 Å². The number of halogens is 2. The molecule has 0 saturated carbocycles. The van der Waals surface area contributed by atoms with Crippen LogP contribution in [0.5, 0.6) is 0 Å². The van der Waals surface area contributed by atoms with Crippen LogP contribution in [0.25, 0.3) is 5.65 Å². The molecule has 8 heteroatoms. The molecule has 0 aliphatic heterocycles. The van der Waals surface area contributed by atoms with Crippen molar-refractivity contribution >= 4 is 11.6 Å². The van der Waals surface area contributed by atoms with Gasteiger partial charge in [0.25, 0.3) is 0 Å². The molecule has 0 aliphatic carbocycles. The van der Waals surface area contributed by atoms with Gasteiger partial charge in [-0.25, -0.2) is 14.3 Å². The van der Waals surface area contributed by atoms with E-state index < -0.39 is 18.3 Å². The first-order valence-electron chi connectivity index (χ1n) is 4.24. The van der Waals surface area contributed by atoms with Gasteiger partial charge in [-0.2, -0.15) is 13.9 Å². The zero-order chi connectivity index (χ0) is 11.8. The van der Waals surface area contributed by atoms with Crippen molar-refractivity contribution in [2.45, 2.75) is 12.3 Å². The molecule has 6 nitrogen and oxygen atoms in total. The van der Waals surface area contributed by atoms with E-state index in [1.165, 1.54) is 12.5 Å². The number of hydrogen-bond donors (Lipinski definition) is 1. The summed E-state index contributed by atoms with van der Waals surface area (Å²) in [5, 5.41) is 12.0. The Morgan fingerprint density at radius 3 is 2.94 bits per heavy atom. The lowest BCUT2D eigenvalue weighted by Gasteiger charge is -2.10. The summed E-state index contributed by atoms with van der Waals surface area (Å²) in [6.07, 6.45) is 2.68. The van der Waals surface area contributed by atoms with Crippen LogP contribution < -0.4 is 0 Å². The Labute approximate surface area is 87.6 Å². The summed E-state index contributed by atoms with van der Waals surface area (Å²) in [5.41, 5.74) is 0.279. The number of carbonyl (C=O) groups is 1. The molecule has 1 N–H and O–H groups in total. The van der Waals surface area contributed by atoms with Crippen molar-refractivity contribution in [3.63, 3.8) is 0 Å². The lowest BCUT2D eigenvalue weighted by molar-refractivity contribution is -0.164. The maximum absolute atomic E-state index is 13.0. The van der Waals surface area contributed by atoms with Gasteiger partial charge in [0.15, 0.2) is 5.65 Å². The van der Waals surface area contributed by atoms with E-state index in [0.29, 0.717) is 5.65 Å². The summed E-state index contributed by atoms with van der Waals surface area (Å²) in [7, 11) is 0. The highest BCUT2D eigenvalue weighted by molar-refractivity contribution is 5.75. The molecule has 0 radical (unpaired) electrons. The molecule has 0 amide bonds. The molecule has 0 aromatic carbocycles. The van der Waals surface area contributed by atoms with Crippen LogP contribution in [-0.2, 0) is 11.2 Å². The quantitative estimate of drug-likeness (QED) is 0.821. The van der Waals surface area contributed by atoms with Crippen LogP contribution in [-0.4, -0.2) is 36.6 Å². The number of rotatable bonds is 3. The van der Waals surface area contributed by atoms with Crippen LogP contribution in [0.4, 0.5) is 8.78 Å². The molecule has 0 aliphatic rings. The van der Waals surface area contributed by atoms with E-state index in [9.17, 15) is 13.6 Å². The molecule has 0 saturated heterocycles. The Bertz CT molecular complexity index is 540. The molecule has 0 bridgehead atoms. The number of hydrogen-bond acceptors (Lipinski definition) is 4. The second-order valence-corrected chi connectivity index (χ2v) is 3.12. The Balaban J connectivity index is 2.41. The van der Waals surface area contributed by atoms with Gasteiger partial charge in [0, 0.05) is 6.20 Å². The third-order valence-electron chi connectivity index (χ3n) is 1.98. The van der Waals surface area contributed by atoms with Crippen molar-refractivity contribution in [2.24, 2.45) is 0 Å². The number of carboxylic acid groups (broad SMARTS) is 1. The zero-order valence-electron chi connectivity index (χ0n) is 7.84. The molecule has 2 aromatic heterocycles. The van der Waals surface area contributed by atoms with Gasteiger partial charge in [0.2, 0.25) is 0 Å². The van der Waals surface area contributed by atoms with Crippen molar-refractivity contribution in [1.29, 1.82) is 0 Å². The van der Waals surface area contributed by atoms with Gasteiger partial charge in [-0.05, 0) is 0 Å². The van der Waals surface area contributed by atoms with E-state index in [0.717, 1.165) is 10.7 Å². The maximum atomic E-state index is 13.0.